The molecule has 0 N–H and O–H groups in total. The fourth-order valence-electron chi connectivity index (χ4n) is 1.34. The maximum Gasteiger partial charge on any atom is 0.361 e. The van der Waals surface area contributed by atoms with Crippen LogP contribution in [0.5, 0.6) is 0 Å². The molecule has 0 heterocycles. The van der Waals surface area contributed by atoms with E-state index in [4.69, 9.17) is 16.3 Å². The van der Waals surface area contributed by atoms with Crippen LogP contribution in [-0.2, 0) is 14.3 Å². The molecule has 5 nitrogen and oxygen atoms in total. The summed E-state index contributed by atoms with van der Waals surface area (Å²) < 4.78 is 9.69. The monoisotopic (exact) mass is 286 g/mol. The number of alkyl halides is 1. The third kappa shape index (κ3) is 4.54. The summed E-state index contributed by atoms with van der Waals surface area (Å²) in [5, 5.41) is 0. The summed E-state index contributed by atoms with van der Waals surface area (Å²) in [6, 6.07) is 8.52. The predicted molar refractivity (Wildman–Crippen MR) is 70.5 cm³/mol. The summed E-state index contributed by atoms with van der Waals surface area (Å²) >= 11 is 6.04. The van der Waals surface area contributed by atoms with Crippen LogP contribution in [0.25, 0.3) is 0 Å². The minimum absolute atomic E-state index is 0.00668. The van der Waals surface area contributed by atoms with E-state index < -0.39 is 17.6 Å². The first-order chi connectivity index (χ1) is 8.86. The number of nitrogens with zero attached hydrogens (tertiary/aromatic N) is 1. The average molecular weight is 287 g/mol. The van der Waals surface area contributed by atoms with Crippen molar-refractivity contribution in [2.24, 2.45) is 0 Å². The van der Waals surface area contributed by atoms with Gasteiger partial charge in [0.25, 0.3) is 0 Å². The Bertz CT molecular complexity index is 447. The summed E-state index contributed by atoms with van der Waals surface area (Å²) in [6.07, 6.45) is 0. The van der Waals surface area contributed by atoms with E-state index in [9.17, 15) is 9.59 Å². The van der Waals surface area contributed by atoms with Crippen molar-refractivity contribution < 1.29 is 23.5 Å². The Morgan fingerprint density at radius 1 is 1.26 bits per heavy atom. The minimum Gasteiger partial charge on any atom is -0.465 e. The van der Waals surface area contributed by atoms with E-state index in [-0.39, 0.29) is 11.0 Å². The molecule has 0 saturated carbocycles. The third-order valence-corrected chi connectivity index (χ3v) is 3.15. The van der Waals surface area contributed by atoms with Gasteiger partial charge in [-0.25, -0.2) is 9.59 Å². The van der Waals surface area contributed by atoms with Crippen LogP contribution in [0.4, 0.5) is 0 Å². The fourth-order valence-corrected chi connectivity index (χ4v) is 1.49. The number of hydrogen-bond acceptors (Lipinski definition) is 4. The number of halogens is 1. The van der Waals surface area contributed by atoms with Crippen LogP contribution in [0.15, 0.2) is 30.3 Å². The molecule has 1 atom stereocenters. The summed E-state index contributed by atoms with van der Waals surface area (Å²) in [5.41, 5.74) is -0.571. The van der Waals surface area contributed by atoms with Crippen molar-refractivity contribution >= 4 is 23.5 Å². The Morgan fingerprint density at radius 3 is 2.37 bits per heavy atom. The number of likely N-dealkylation sites (N-methyl/N-ethyl adjacent to an activating group) is 1. The molecule has 1 unspecified atom stereocenters. The van der Waals surface area contributed by atoms with Gasteiger partial charge in [0.15, 0.2) is 6.54 Å². The Labute approximate surface area is 117 Å². The highest BCUT2D eigenvalue weighted by atomic mass is 35.5. The molecule has 0 amide bonds. The van der Waals surface area contributed by atoms with Crippen molar-refractivity contribution in [1.82, 2.24) is 0 Å². The van der Waals surface area contributed by atoms with Crippen LogP contribution >= 0.6 is 11.6 Å². The first-order valence-electron chi connectivity index (χ1n) is 5.66. The lowest BCUT2D eigenvalue weighted by Gasteiger charge is -2.31. The maximum absolute atomic E-state index is 11.8. The van der Waals surface area contributed by atoms with Gasteiger partial charge in [-0.3, -0.25) is 4.48 Å². The van der Waals surface area contributed by atoms with Crippen molar-refractivity contribution in [3.8, 4) is 0 Å². The van der Waals surface area contributed by atoms with E-state index in [1.165, 1.54) is 7.11 Å². The molecule has 1 aromatic rings. The zero-order valence-corrected chi connectivity index (χ0v) is 11.9. The number of benzene rings is 1. The van der Waals surface area contributed by atoms with Crippen LogP contribution in [0, 0.1) is 0 Å². The van der Waals surface area contributed by atoms with Gasteiger partial charge in [0.2, 0.25) is 0 Å². The number of rotatable bonds is 5. The second-order valence-corrected chi connectivity index (χ2v) is 4.95. The number of carbonyl (C=O) groups is 2. The highest BCUT2D eigenvalue weighted by Gasteiger charge is 2.32. The third-order valence-electron chi connectivity index (χ3n) is 2.53. The van der Waals surface area contributed by atoms with Gasteiger partial charge >= 0.3 is 17.6 Å². The van der Waals surface area contributed by atoms with Gasteiger partial charge in [-0.15, -0.1) is 0 Å². The number of hydrogen-bond donors (Lipinski definition) is 0. The highest BCUT2D eigenvalue weighted by molar-refractivity contribution is 6.19. The first-order valence-corrected chi connectivity index (χ1v) is 6.10. The smallest absolute Gasteiger partial charge is 0.361 e. The number of methoxy groups -OCH3 is 1. The number of esters is 2. The Balaban J connectivity index is 2.66. The Hall–Kier alpha value is -1.59. The molecular formula is C13H17ClNO4+. The SMILES string of the molecule is COC(=O)C[N+](C)(C)C(Cl)OC(=O)c1ccccc1. The molecule has 0 bridgehead atoms. The minimum atomic E-state index is -0.980. The topological polar surface area (TPSA) is 52.6 Å². The molecule has 0 aliphatic heterocycles. The molecule has 0 radical (unpaired) electrons. The van der Waals surface area contributed by atoms with Gasteiger partial charge in [-0.1, -0.05) is 18.2 Å². The van der Waals surface area contributed by atoms with Crippen molar-refractivity contribution in [3.05, 3.63) is 35.9 Å². The molecule has 0 aromatic heterocycles. The molecule has 19 heavy (non-hydrogen) atoms. The van der Waals surface area contributed by atoms with Crippen LogP contribution in [0.1, 0.15) is 10.4 Å². The van der Waals surface area contributed by atoms with Gasteiger partial charge in [0, 0.05) is 0 Å². The van der Waals surface area contributed by atoms with Gasteiger partial charge < -0.3 is 9.47 Å². The molecule has 0 aliphatic rings. The summed E-state index contributed by atoms with van der Waals surface area (Å²) in [6.45, 7) is 0.00668. The van der Waals surface area contributed by atoms with Gasteiger partial charge in [0.05, 0.1) is 26.8 Å². The van der Waals surface area contributed by atoms with E-state index >= 15 is 0 Å². The lowest BCUT2D eigenvalue weighted by molar-refractivity contribution is -0.913. The first kappa shape index (κ1) is 15.5. The fraction of sp³-hybridized carbons (Fsp3) is 0.385. The average Bonchev–Trinajstić information content (AvgIpc) is 2.39. The second-order valence-electron chi connectivity index (χ2n) is 4.58. The zero-order chi connectivity index (χ0) is 14.5. The molecule has 0 saturated heterocycles. The number of ether oxygens (including phenoxy) is 2. The van der Waals surface area contributed by atoms with Crippen LogP contribution < -0.4 is 0 Å². The van der Waals surface area contributed by atoms with E-state index in [2.05, 4.69) is 4.74 Å². The maximum atomic E-state index is 11.8. The molecule has 104 valence electrons. The largest absolute Gasteiger partial charge is 0.465 e. The van der Waals surface area contributed by atoms with Gasteiger partial charge in [-0.05, 0) is 23.7 Å². The normalized spacial score (nSPS) is 12.6. The molecule has 0 aliphatic carbocycles. The number of quaternary nitrogens is 1. The van der Waals surface area contributed by atoms with Crippen molar-refractivity contribution in [3.63, 3.8) is 0 Å². The van der Waals surface area contributed by atoms with E-state index in [1.807, 2.05) is 0 Å². The molecule has 6 heteroatoms. The van der Waals surface area contributed by atoms with Crippen LogP contribution in [-0.4, -0.2) is 49.9 Å². The van der Waals surface area contributed by atoms with Gasteiger partial charge in [0.1, 0.15) is 0 Å². The van der Waals surface area contributed by atoms with Crippen molar-refractivity contribution in [1.29, 1.82) is 0 Å². The summed E-state index contributed by atoms with van der Waals surface area (Å²) in [5.74, 6) is -0.955. The van der Waals surface area contributed by atoms with Gasteiger partial charge in [-0.2, -0.15) is 0 Å². The standard InChI is InChI=1S/C13H17ClNO4/c1-15(2,9-11(16)18-3)13(14)19-12(17)10-7-5-4-6-8-10/h4-8,13H,9H2,1-3H3/q+1. The Kier molecular flexibility index (Phi) is 5.32. The zero-order valence-electron chi connectivity index (χ0n) is 11.1. The molecule has 0 spiro atoms. The molecular weight excluding hydrogens is 270 g/mol. The van der Waals surface area contributed by atoms with Crippen molar-refractivity contribution in [2.75, 3.05) is 27.7 Å². The summed E-state index contributed by atoms with van der Waals surface area (Å²) in [4.78, 5) is 23.1. The second kappa shape index (κ2) is 6.54. The molecule has 1 aromatic carbocycles. The predicted octanol–water partition coefficient (Wildman–Crippen LogP) is 1.62. The van der Waals surface area contributed by atoms with Crippen LogP contribution in [0.2, 0.25) is 0 Å². The van der Waals surface area contributed by atoms with E-state index in [0.717, 1.165) is 0 Å². The lowest BCUT2D eigenvalue weighted by atomic mass is 10.2. The molecule has 0 fully saturated rings. The highest BCUT2D eigenvalue weighted by Crippen LogP contribution is 2.15. The van der Waals surface area contributed by atoms with Crippen molar-refractivity contribution in [2.45, 2.75) is 5.69 Å². The quantitative estimate of drug-likeness (QED) is 0.271. The van der Waals surface area contributed by atoms with E-state index in [1.54, 1.807) is 44.4 Å². The Morgan fingerprint density at radius 2 is 1.84 bits per heavy atom. The lowest BCUT2D eigenvalue weighted by Crippen LogP contribution is -2.51. The number of carbonyl (C=O) groups excluding carboxylic acids is 2. The summed E-state index contributed by atoms with van der Waals surface area (Å²) in [7, 11) is 4.64. The van der Waals surface area contributed by atoms with E-state index in [0.29, 0.717) is 5.56 Å². The molecule has 1 rings (SSSR count). The van der Waals surface area contributed by atoms with Crippen LogP contribution in [0.3, 0.4) is 0 Å².